The highest BCUT2D eigenvalue weighted by Gasteiger charge is 2.06. The van der Waals surface area contributed by atoms with Crippen LogP contribution in [-0.2, 0) is 0 Å². The lowest BCUT2D eigenvalue weighted by Gasteiger charge is -2.05. The summed E-state index contributed by atoms with van der Waals surface area (Å²) in [4.78, 5) is 0. The number of nitrogens with zero attached hydrogens (tertiary/aromatic N) is 1. The Balaban J connectivity index is 3.15. The highest BCUT2D eigenvalue weighted by atomic mass is 19.1. The van der Waals surface area contributed by atoms with Gasteiger partial charge in [0.25, 0.3) is 0 Å². The third kappa shape index (κ3) is 1.92. The topological polar surface area (TPSA) is 44.0 Å². The molecular formula is C10H8FNO. The van der Waals surface area contributed by atoms with Gasteiger partial charge in [-0.2, -0.15) is 5.26 Å². The highest BCUT2D eigenvalue weighted by molar-refractivity contribution is 5.36. The predicted octanol–water partition coefficient (Wildman–Crippen LogP) is 1.92. The molecule has 1 N–H and O–H groups in total. The summed E-state index contributed by atoms with van der Waals surface area (Å²) in [5.41, 5.74) is 0.395. The van der Waals surface area contributed by atoms with Crippen LogP contribution >= 0.6 is 0 Å². The molecular weight excluding hydrogens is 169 g/mol. The van der Waals surface area contributed by atoms with Gasteiger partial charge >= 0.3 is 0 Å². The first-order valence-electron chi connectivity index (χ1n) is 3.69. The maximum atomic E-state index is 12.8. The lowest BCUT2D eigenvalue weighted by molar-refractivity contribution is 0.229. The van der Waals surface area contributed by atoms with E-state index in [0.717, 1.165) is 6.07 Å². The molecule has 0 saturated carbocycles. The van der Waals surface area contributed by atoms with Gasteiger partial charge in [0.15, 0.2) is 0 Å². The van der Waals surface area contributed by atoms with Crippen molar-refractivity contribution in [1.29, 1.82) is 5.26 Å². The molecule has 1 unspecified atom stereocenters. The van der Waals surface area contributed by atoms with Crippen molar-refractivity contribution in [2.75, 3.05) is 0 Å². The van der Waals surface area contributed by atoms with E-state index >= 15 is 0 Å². The van der Waals surface area contributed by atoms with E-state index in [0.29, 0.717) is 5.56 Å². The zero-order valence-corrected chi connectivity index (χ0v) is 6.87. The van der Waals surface area contributed by atoms with Crippen molar-refractivity contribution in [3.8, 4) is 6.07 Å². The SMILES string of the molecule is C=CC(O)c1ccc(F)c(C#N)c1. The monoisotopic (exact) mass is 177 g/mol. The van der Waals surface area contributed by atoms with Gasteiger partial charge in [-0.15, -0.1) is 6.58 Å². The van der Waals surface area contributed by atoms with E-state index in [2.05, 4.69) is 6.58 Å². The van der Waals surface area contributed by atoms with Crippen LogP contribution in [0.4, 0.5) is 4.39 Å². The van der Waals surface area contributed by atoms with Crippen molar-refractivity contribution >= 4 is 0 Å². The second kappa shape index (κ2) is 3.83. The Kier molecular flexibility index (Phi) is 2.78. The predicted molar refractivity (Wildman–Crippen MR) is 46.3 cm³/mol. The fourth-order valence-corrected chi connectivity index (χ4v) is 0.949. The molecule has 1 aromatic rings. The molecule has 3 heteroatoms. The summed E-state index contributed by atoms with van der Waals surface area (Å²) in [6.07, 6.45) is 0.460. The zero-order valence-electron chi connectivity index (χ0n) is 6.87. The second-order valence-electron chi connectivity index (χ2n) is 2.53. The Morgan fingerprint density at radius 1 is 1.62 bits per heavy atom. The Morgan fingerprint density at radius 3 is 2.85 bits per heavy atom. The van der Waals surface area contributed by atoms with Gasteiger partial charge in [0, 0.05) is 0 Å². The van der Waals surface area contributed by atoms with Gasteiger partial charge in [0.05, 0.1) is 11.7 Å². The third-order valence-corrected chi connectivity index (χ3v) is 1.68. The van der Waals surface area contributed by atoms with Crippen molar-refractivity contribution in [3.63, 3.8) is 0 Å². The Bertz CT molecular complexity index is 368. The molecule has 2 nitrogen and oxygen atoms in total. The molecule has 0 spiro atoms. The highest BCUT2D eigenvalue weighted by Crippen LogP contribution is 2.16. The van der Waals surface area contributed by atoms with Gasteiger partial charge < -0.3 is 5.11 Å². The summed E-state index contributed by atoms with van der Waals surface area (Å²) >= 11 is 0. The number of aliphatic hydroxyl groups is 1. The molecule has 0 aliphatic heterocycles. The van der Waals surface area contributed by atoms with Crippen molar-refractivity contribution in [2.24, 2.45) is 0 Å². The summed E-state index contributed by atoms with van der Waals surface area (Å²) in [5.74, 6) is -0.581. The van der Waals surface area contributed by atoms with E-state index in [-0.39, 0.29) is 5.56 Å². The Morgan fingerprint density at radius 2 is 2.31 bits per heavy atom. The van der Waals surface area contributed by atoms with E-state index in [1.165, 1.54) is 18.2 Å². The minimum absolute atomic E-state index is 0.0709. The summed E-state index contributed by atoms with van der Waals surface area (Å²) < 4.78 is 12.8. The van der Waals surface area contributed by atoms with Crippen LogP contribution in [0.15, 0.2) is 30.9 Å². The molecule has 0 fully saturated rings. The van der Waals surface area contributed by atoms with Gasteiger partial charge in [-0.05, 0) is 17.7 Å². The molecule has 0 radical (unpaired) electrons. The quantitative estimate of drug-likeness (QED) is 0.701. The molecule has 66 valence electrons. The molecule has 13 heavy (non-hydrogen) atoms. The summed E-state index contributed by atoms with van der Waals surface area (Å²) in [6, 6.07) is 5.57. The van der Waals surface area contributed by atoms with Gasteiger partial charge in [-0.25, -0.2) is 4.39 Å². The minimum Gasteiger partial charge on any atom is -0.384 e. The maximum absolute atomic E-state index is 12.8. The van der Waals surface area contributed by atoms with E-state index in [1.807, 2.05) is 0 Å². The summed E-state index contributed by atoms with van der Waals surface area (Å²) in [7, 11) is 0. The average Bonchev–Trinajstić information content (AvgIpc) is 2.17. The lowest BCUT2D eigenvalue weighted by Crippen LogP contribution is -1.94. The maximum Gasteiger partial charge on any atom is 0.140 e. The minimum atomic E-state index is -0.854. The molecule has 0 bridgehead atoms. The standard InChI is InChI=1S/C10H8FNO/c1-2-10(13)7-3-4-9(11)8(5-7)6-12/h2-5,10,13H,1H2. The molecule has 0 aromatic heterocycles. The molecule has 0 saturated heterocycles. The molecule has 1 atom stereocenters. The number of benzene rings is 1. The fourth-order valence-electron chi connectivity index (χ4n) is 0.949. The Hall–Kier alpha value is -1.66. The largest absolute Gasteiger partial charge is 0.384 e. The average molecular weight is 177 g/mol. The van der Waals surface area contributed by atoms with Gasteiger partial charge in [0.2, 0.25) is 0 Å². The molecule has 1 aromatic carbocycles. The number of rotatable bonds is 2. The summed E-state index contributed by atoms with van der Waals surface area (Å²) in [6.45, 7) is 3.39. The van der Waals surface area contributed by atoms with Crippen molar-refractivity contribution < 1.29 is 9.50 Å². The molecule has 0 heterocycles. The van der Waals surface area contributed by atoms with Gasteiger partial charge in [-0.1, -0.05) is 12.1 Å². The molecule has 0 aliphatic rings. The first-order valence-corrected chi connectivity index (χ1v) is 3.69. The van der Waals surface area contributed by atoms with Crippen LogP contribution in [0.1, 0.15) is 17.2 Å². The lowest BCUT2D eigenvalue weighted by atomic mass is 10.1. The van der Waals surface area contributed by atoms with Crippen LogP contribution in [0.2, 0.25) is 0 Å². The molecule has 1 rings (SSSR count). The first kappa shape index (κ1) is 9.43. The van der Waals surface area contributed by atoms with Crippen LogP contribution in [-0.4, -0.2) is 5.11 Å². The van der Waals surface area contributed by atoms with E-state index in [9.17, 15) is 9.50 Å². The number of hydrogen-bond donors (Lipinski definition) is 1. The van der Waals surface area contributed by atoms with Crippen molar-refractivity contribution in [2.45, 2.75) is 6.10 Å². The Labute approximate surface area is 75.6 Å². The van der Waals surface area contributed by atoms with Crippen molar-refractivity contribution in [3.05, 3.63) is 47.8 Å². The molecule has 0 amide bonds. The van der Waals surface area contributed by atoms with Crippen LogP contribution in [0.25, 0.3) is 0 Å². The van der Waals surface area contributed by atoms with E-state index in [4.69, 9.17) is 5.26 Å². The number of aliphatic hydroxyl groups excluding tert-OH is 1. The fraction of sp³-hybridized carbons (Fsp3) is 0.100. The third-order valence-electron chi connectivity index (χ3n) is 1.68. The second-order valence-corrected chi connectivity index (χ2v) is 2.53. The van der Waals surface area contributed by atoms with Crippen LogP contribution in [0, 0.1) is 17.1 Å². The number of hydrogen-bond acceptors (Lipinski definition) is 2. The summed E-state index contributed by atoms with van der Waals surface area (Å²) in [5, 5.41) is 17.8. The van der Waals surface area contributed by atoms with Crippen molar-refractivity contribution in [1.82, 2.24) is 0 Å². The van der Waals surface area contributed by atoms with Crippen LogP contribution in [0.3, 0.4) is 0 Å². The van der Waals surface area contributed by atoms with Crippen LogP contribution in [0.5, 0.6) is 0 Å². The number of nitriles is 1. The first-order chi connectivity index (χ1) is 6.19. The normalized spacial score (nSPS) is 11.8. The van der Waals surface area contributed by atoms with Crippen LogP contribution < -0.4 is 0 Å². The van der Waals surface area contributed by atoms with Gasteiger partial charge in [0.1, 0.15) is 11.9 Å². The number of halogens is 1. The zero-order chi connectivity index (χ0) is 9.84. The molecule has 0 aliphatic carbocycles. The van der Waals surface area contributed by atoms with E-state index < -0.39 is 11.9 Å². The smallest absolute Gasteiger partial charge is 0.140 e. The van der Waals surface area contributed by atoms with E-state index in [1.54, 1.807) is 6.07 Å². The van der Waals surface area contributed by atoms with Gasteiger partial charge in [-0.3, -0.25) is 0 Å².